The van der Waals surface area contributed by atoms with Crippen molar-refractivity contribution in [3.8, 4) is 11.1 Å². The number of nitrogens with zero attached hydrogens (tertiary/aromatic N) is 4. The van der Waals surface area contributed by atoms with E-state index in [4.69, 9.17) is 0 Å². The molecule has 4 heterocycles. The van der Waals surface area contributed by atoms with Crippen molar-refractivity contribution in [1.29, 1.82) is 0 Å². The van der Waals surface area contributed by atoms with Gasteiger partial charge in [0.2, 0.25) is 0 Å². The van der Waals surface area contributed by atoms with Crippen LogP contribution in [0.15, 0.2) is 72.9 Å². The maximum Gasteiger partial charge on any atom is 0.433 e. The Hall–Kier alpha value is -4.60. The number of rotatable bonds is 5. The number of aromatic nitrogens is 2. The van der Waals surface area contributed by atoms with Crippen LogP contribution < -0.4 is 15.5 Å². The second kappa shape index (κ2) is 11.6. The van der Waals surface area contributed by atoms with Gasteiger partial charge in [-0.1, -0.05) is 24.3 Å². The van der Waals surface area contributed by atoms with Crippen LogP contribution in [-0.4, -0.2) is 46.6 Å². The molecule has 4 aromatic rings. The first-order valence-electron chi connectivity index (χ1n) is 14.4. The van der Waals surface area contributed by atoms with Gasteiger partial charge < -0.3 is 20.4 Å². The molecule has 2 aliphatic rings. The average molecular weight is 587 g/mol. The lowest BCUT2D eigenvalue weighted by Gasteiger charge is -2.39. The lowest BCUT2D eigenvalue weighted by molar-refractivity contribution is -0.141. The van der Waals surface area contributed by atoms with Crippen molar-refractivity contribution in [2.24, 2.45) is 0 Å². The molecule has 0 unspecified atom stereocenters. The van der Waals surface area contributed by atoms with E-state index in [0.717, 1.165) is 83.7 Å². The number of amides is 2. The van der Waals surface area contributed by atoms with Crippen LogP contribution in [0.4, 0.5) is 40.7 Å². The molecule has 43 heavy (non-hydrogen) atoms. The first-order chi connectivity index (χ1) is 20.6. The molecule has 7 nitrogen and oxygen atoms in total. The van der Waals surface area contributed by atoms with E-state index in [1.165, 1.54) is 12.3 Å². The van der Waals surface area contributed by atoms with Crippen molar-refractivity contribution < 1.29 is 18.0 Å². The Labute approximate surface area is 248 Å². The number of urea groups is 1. The number of carbonyl (C=O) groups excluding carboxylic acids is 1. The van der Waals surface area contributed by atoms with Gasteiger partial charge in [-0.05, 0) is 81.1 Å². The minimum Gasteiger partial charge on any atom is -0.371 e. The number of benzene rings is 2. The first-order valence-corrected chi connectivity index (χ1v) is 14.4. The number of hydrogen-bond acceptors (Lipinski definition) is 5. The normalized spacial score (nSPS) is 16.0. The number of piperidine rings is 1. The lowest BCUT2D eigenvalue weighted by Crippen LogP contribution is -2.48. The summed E-state index contributed by atoms with van der Waals surface area (Å²) in [6, 6.07) is 20.3. The maximum absolute atomic E-state index is 13.2. The number of para-hydroxylation sites is 1. The third-order valence-electron chi connectivity index (χ3n) is 8.14. The number of carbonyl (C=O) groups is 1. The van der Waals surface area contributed by atoms with Crippen molar-refractivity contribution in [2.75, 3.05) is 35.2 Å². The van der Waals surface area contributed by atoms with Crippen molar-refractivity contribution in [1.82, 2.24) is 14.9 Å². The van der Waals surface area contributed by atoms with Gasteiger partial charge in [-0.2, -0.15) is 13.2 Å². The van der Waals surface area contributed by atoms with E-state index < -0.39 is 11.9 Å². The molecule has 1 fully saturated rings. The molecular formula is C33H33F3N6O. The lowest BCUT2D eigenvalue weighted by atomic mass is 9.99. The van der Waals surface area contributed by atoms with Crippen LogP contribution in [0.3, 0.4) is 0 Å². The molecule has 2 aromatic carbocycles. The fourth-order valence-corrected chi connectivity index (χ4v) is 6.03. The van der Waals surface area contributed by atoms with Crippen LogP contribution >= 0.6 is 0 Å². The summed E-state index contributed by atoms with van der Waals surface area (Å²) in [4.78, 5) is 25.4. The van der Waals surface area contributed by atoms with Crippen molar-refractivity contribution in [3.63, 3.8) is 0 Å². The van der Waals surface area contributed by atoms with Crippen molar-refractivity contribution >= 4 is 28.8 Å². The fraction of sp³-hybridized carbons (Fsp3) is 0.303. The molecule has 10 heteroatoms. The summed E-state index contributed by atoms with van der Waals surface area (Å²) in [6.07, 6.45) is -0.791. The van der Waals surface area contributed by atoms with Crippen LogP contribution in [0.2, 0.25) is 0 Å². The topological polar surface area (TPSA) is 73.4 Å². The summed E-state index contributed by atoms with van der Waals surface area (Å²) in [6.45, 7) is 6.01. The van der Waals surface area contributed by atoms with Crippen LogP contribution in [0.25, 0.3) is 11.1 Å². The van der Waals surface area contributed by atoms with E-state index in [-0.39, 0.29) is 12.1 Å². The minimum atomic E-state index is -4.51. The molecule has 222 valence electrons. The Morgan fingerprint density at radius 3 is 2.37 bits per heavy atom. The number of hydrogen-bond donors (Lipinski definition) is 2. The minimum absolute atomic E-state index is 0.0579. The summed E-state index contributed by atoms with van der Waals surface area (Å²) >= 11 is 0. The molecule has 2 aromatic heterocycles. The van der Waals surface area contributed by atoms with Crippen molar-refractivity contribution in [3.05, 3.63) is 95.6 Å². The van der Waals surface area contributed by atoms with Gasteiger partial charge in [0.15, 0.2) is 0 Å². The highest BCUT2D eigenvalue weighted by molar-refractivity contribution is 5.91. The Morgan fingerprint density at radius 2 is 1.67 bits per heavy atom. The van der Waals surface area contributed by atoms with Gasteiger partial charge in [0.05, 0.1) is 0 Å². The monoisotopic (exact) mass is 586 g/mol. The number of pyridine rings is 2. The molecular weight excluding hydrogens is 553 g/mol. The third-order valence-corrected chi connectivity index (χ3v) is 8.14. The zero-order chi connectivity index (χ0) is 30.1. The summed E-state index contributed by atoms with van der Waals surface area (Å²) in [5.41, 5.74) is 6.72. The smallest absolute Gasteiger partial charge is 0.371 e. The summed E-state index contributed by atoms with van der Waals surface area (Å²) in [5, 5.41) is 6.51. The van der Waals surface area contributed by atoms with Crippen LogP contribution in [-0.2, 0) is 12.6 Å². The molecule has 0 saturated carbocycles. The van der Waals surface area contributed by atoms with Gasteiger partial charge >= 0.3 is 12.2 Å². The van der Waals surface area contributed by atoms with Crippen LogP contribution in [0, 0.1) is 13.8 Å². The largest absolute Gasteiger partial charge is 0.433 e. The molecule has 0 radical (unpaired) electrons. The fourth-order valence-electron chi connectivity index (χ4n) is 6.03. The van der Waals surface area contributed by atoms with Crippen LogP contribution in [0.1, 0.15) is 35.5 Å². The SMILES string of the molecule is Cc1cc(Nc2ccc(N3CCC(N4CCc5ccccc5NC4=O)CC3)cc2-c2ccc(C(F)(F)F)nc2)cc(C)n1. The predicted molar refractivity (Wildman–Crippen MR) is 163 cm³/mol. The number of aryl methyl sites for hydroxylation is 2. The van der Waals surface area contributed by atoms with E-state index in [0.29, 0.717) is 12.1 Å². The Bertz CT molecular complexity index is 1610. The highest BCUT2D eigenvalue weighted by atomic mass is 19.4. The molecule has 0 atom stereocenters. The zero-order valence-electron chi connectivity index (χ0n) is 24.1. The van der Waals surface area contributed by atoms with E-state index in [1.54, 1.807) is 0 Å². The molecule has 0 bridgehead atoms. The van der Waals surface area contributed by atoms with Gasteiger partial charge in [0, 0.05) is 77.1 Å². The van der Waals surface area contributed by atoms with Gasteiger partial charge in [-0.3, -0.25) is 9.97 Å². The van der Waals surface area contributed by atoms with Gasteiger partial charge in [-0.15, -0.1) is 0 Å². The van der Waals surface area contributed by atoms with E-state index >= 15 is 0 Å². The van der Waals surface area contributed by atoms with E-state index in [1.807, 2.05) is 67.3 Å². The van der Waals surface area contributed by atoms with Crippen molar-refractivity contribution in [2.45, 2.75) is 45.3 Å². The number of anilines is 4. The molecule has 0 aliphatic carbocycles. The highest BCUT2D eigenvalue weighted by Crippen LogP contribution is 2.37. The van der Waals surface area contributed by atoms with Gasteiger partial charge in [0.1, 0.15) is 5.69 Å². The summed E-state index contributed by atoms with van der Waals surface area (Å²) < 4.78 is 39.7. The number of fused-ring (bicyclic) bond motifs is 1. The standard InChI is InChI=1S/C33H33F3N6O/c1-21-17-25(18-22(2)38-21)39-30-9-8-27(19-28(30)24-7-10-31(37-20-24)33(34,35)36)41-14-12-26(13-15-41)42-16-11-23-5-3-4-6-29(23)40-32(42)43/h3-10,17-20,26H,11-16H2,1-2H3,(H,38,39)(H,40,43). The van der Waals surface area contributed by atoms with Gasteiger partial charge in [0.25, 0.3) is 0 Å². The Kier molecular flexibility index (Phi) is 7.68. The Balaban J connectivity index is 1.23. The number of nitrogens with one attached hydrogen (secondary N) is 2. The summed E-state index contributed by atoms with van der Waals surface area (Å²) in [5.74, 6) is 0. The average Bonchev–Trinajstić information content (AvgIpc) is 3.15. The molecule has 1 saturated heterocycles. The molecule has 6 rings (SSSR count). The quantitative estimate of drug-likeness (QED) is 0.252. The van der Waals surface area contributed by atoms with E-state index in [9.17, 15) is 18.0 Å². The zero-order valence-corrected chi connectivity index (χ0v) is 24.1. The highest BCUT2D eigenvalue weighted by Gasteiger charge is 2.33. The van der Waals surface area contributed by atoms with E-state index in [2.05, 4.69) is 31.6 Å². The second-order valence-corrected chi connectivity index (χ2v) is 11.2. The van der Waals surface area contributed by atoms with Gasteiger partial charge in [-0.25, -0.2) is 4.79 Å². The third kappa shape index (κ3) is 6.28. The number of halogens is 3. The molecule has 2 aliphatic heterocycles. The maximum atomic E-state index is 13.2. The van der Waals surface area contributed by atoms with Crippen LogP contribution in [0.5, 0.6) is 0 Å². The molecule has 0 spiro atoms. The molecule has 2 amide bonds. The second-order valence-electron chi connectivity index (χ2n) is 11.2. The Morgan fingerprint density at radius 1 is 0.930 bits per heavy atom. The first kappa shape index (κ1) is 28.5. The summed E-state index contributed by atoms with van der Waals surface area (Å²) in [7, 11) is 0. The molecule has 2 N–H and O–H groups in total. The number of alkyl halides is 3. The predicted octanol–water partition coefficient (Wildman–Crippen LogP) is 7.58.